The van der Waals surface area contributed by atoms with Crippen molar-refractivity contribution in [1.82, 2.24) is 29.8 Å². The lowest BCUT2D eigenvalue weighted by molar-refractivity contribution is 0.101. The zero-order valence-electron chi connectivity index (χ0n) is 20.9. The van der Waals surface area contributed by atoms with Gasteiger partial charge in [-0.05, 0) is 38.7 Å². The van der Waals surface area contributed by atoms with E-state index >= 15 is 0 Å². The smallest absolute Gasteiger partial charge is 0.317 e. The average Bonchev–Trinajstić information content (AvgIpc) is 3.46. The molecule has 0 saturated carbocycles. The molecule has 0 radical (unpaired) electrons. The second-order valence-corrected chi connectivity index (χ2v) is 9.92. The maximum absolute atomic E-state index is 12.8. The Kier molecular flexibility index (Phi) is 5.62. The van der Waals surface area contributed by atoms with Gasteiger partial charge in [-0.15, -0.1) is 0 Å². The lowest BCUT2D eigenvalue weighted by atomic mass is 9.85. The molecule has 0 unspecified atom stereocenters. The van der Waals surface area contributed by atoms with Gasteiger partial charge >= 0.3 is 6.03 Å². The Balaban J connectivity index is 1.41. The molecule has 9 nitrogen and oxygen atoms in total. The Morgan fingerprint density at radius 1 is 1.00 bits per heavy atom. The predicted octanol–water partition coefficient (Wildman–Crippen LogP) is 4.29. The van der Waals surface area contributed by atoms with Crippen molar-refractivity contribution in [1.29, 1.82) is 0 Å². The van der Waals surface area contributed by atoms with E-state index in [1.54, 1.807) is 17.8 Å². The molecule has 9 heteroatoms. The molecule has 2 fully saturated rings. The van der Waals surface area contributed by atoms with Gasteiger partial charge < -0.3 is 16.0 Å². The van der Waals surface area contributed by atoms with Crippen molar-refractivity contribution in [2.75, 3.05) is 12.8 Å². The molecular formula is C28H29N7O2. The summed E-state index contributed by atoms with van der Waals surface area (Å²) in [4.78, 5) is 36.9. The van der Waals surface area contributed by atoms with Crippen LogP contribution in [-0.4, -0.2) is 55.4 Å². The van der Waals surface area contributed by atoms with Crippen LogP contribution in [0.4, 0.5) is 10.6 Å². The molecule has 2 amide bonds. The number of ketones is 1. The van der Waals surface area contributed by atoms with Crippen LogP contribution in [0.5, 0.6) is 0 Å². The monoisotopic (exact) mass is 495 g/mol. The number of amides is 2. The molecule has 2 aliphatic heterocycles. The van der Waals surface area contributed by atoms with Crippen LogP contribution >= 0.6 is 0 Å². The van der Waals surface area contributed by atoms with Crippen molar-refractivity contribution in [2.24, 2.45) is 0 Å². The van der Waals surface area contributed by atoms with Crippen molar-refractivity contribution in [3.05, 3.63) is 66.1 Å². The number of benzene rings is 1. The van der Waals surface area contributed by atoms with Gasteiger partial charge in [-0.2, -0.15) is 9.61 Å². The molecule has 2 aliphatic rings. The van der Waals surface area contributed by atoms with E-state index in [0.29, 0.717) is 22.7 Å². The number of hydrogen-bond donors (Lipinski definition) is 2. The van der Waals surface area contributed by atoms with Crippen LogP contribution in [0.1, 0.15) is 54.6 Å². The highest BCUT2D eigenvalue weighted by molar-refractivity contribution is 6.00. The lowest BCUT2D eigenvalue weighted by Gasteiger charge is -2.38. The number of nitrogens with one attached hydrogen (secondary N) is 1. The fraction of sp³-hybridized carbons (Fsp3) is 0.321. The van der Waals surface area contributed by atoms with Crippen LogP contribution in [0.3, 0.4) is 0 Å². The van der Waals surface area contributed by atoms with Crippen LogP contribution in [0, 0.1) is 0 Å². The first-order valence-corrected chi connectivity index (χ1v) is 12.7. The maximum atomic E-state index is 12.8. The fourth-order valence-electron chi connectivity index (χ4n) is 6.09. The van der Waals surface area contributed by atoms with Gasteiger partial charge in [-0.3, -0.25) is 9.78 Å². The van der Waals surface area contributed by atoms with Crippen LogP contribution < -0.4 is 11.1 Å². The van der Waals surface area contributed by atoms with E-state index < -0.39 is 0 Å². The summed E-state index contributed by atoms with van der Waals surface area (Å²) < 4.78 is 1.55. The van der Waals surface area contributed by atoms with Gasteiger partial charge in [0.2, 0.25) is 0 Å². The molecule has 37 heavy (non-hydrogen) atoms. The Hall–Kier alpha value is -4.27. The molecule has 2 saturated heterocycles. The quantitative estimate of drug-likeness (QED) is 0.408. The van der Waals surface area contributed by atoms with E-state index in [1.165, 1.54) is 6.92 Å². The molecule has 5 heterocycles. The van der Waals surface area contributed by atoms with E-state index in [0.717, 1.165) is 48.1 Å². The number of aromatic nitrogens is 4. The standard InChI is InChI=1S/C28H29N7O2/c1-16(36)24-25(19-12-20-9-10-21(13-19)34(20)28(37)30-2)33-27-22(15-32-35(27)26(24)29)18-8-11-23(31-14-18)17-6-4-3-5-7-17/h3-8,11,14-15,19-21H,9-10,12-13,29H2,1-2H3,(H,30,37)/t20-,21-/m1/s1. The van der Waals surface area contributed by atoms with Gasteiger partial charge in [0, 0.05) is 47.9 Å². The highest BCUT2D eigenvalue weighted by Crippen LogP contribution is 2.44. The van der Waals surface area contributed by atoms with E-state index in [-0.39, 0.29) is 29.8 Å². The molecule has 2 bridgehead atoms. The van der Waals surface area contributed by atoms with Crippen LogP contribution in [-0.2, 0) is 0 Å². The third-order valence-corrected chi connectivity index (χ3v) is 7.77. The Bertz CT molecular complexity index is 1480. The number of nitrogens with zero attached hydrogens (tertiary/aromatic N) is 5. The molecule has 188 valence electrons. The van der Waals surface area contributed by atoms with Gasteiger partial charge in [0.05, 0.1) is 23.1 Å². The van der Waals surface area contributed by atoms with Gasteiger partial charge in [0.1, 0.15) is 5.82 Å². The molecule has 0 aliphatic carbocycles. The predicted molar refractivity (Wildman–Crippen MR) is 141 cm³/mol. The molecular weight excluding hydrogens is 466 g/mol. The normalized spacial score (nSPS) is 20.8. The summed E-state index contributed by atoms with van der Waals surface area (Å²) in [6.45, 7) is 1.52. The van der Waals surface area contributed by atoms with Gasteiger partial charge in [0.15, 0.2) is 11.4 Å². The molecule has 1 aromatic carbocycles. The number of Topliss-reactive ketones (excluding diaryl/α,β-unsaturated/α-hetero) is 1. The van der Waals surface area contributed by atoms with Crippen LogP contribution in [0.2, 0.25) is 0 Å². The molecule has 3 aromatic heterocycles. The molecule has 3 N–H and O–H groups in total. The van der Waals surface area contributed by atoms with E-state index in [2.05, 4.69) is 15.4 Å². The van der Waals surface area contributed by atoms with Crippen molar-refractivity contribution >= 4 is 23.3 Å². The first-order chi connectivity index (χ1) is 18.0. The highest BCUT2D eigenvalue weighted by atomic mass is 16.2. The summed E-state index contributed by atoms with van der Waals surface area (Å²) in [7, 11) is 1.67. The second kappa shape index (κ2) is 8.99. The first-order valence-electron chi connectivity index (χ1n) is 12.7. The largest absolute Gasteiger partial charge is 0.383 e. The topological polar surface area (TPSA) is 119 Å². The number of hydrogen-bond acceptors (Lipinski definition) is 6. The Labute approximate surface area is 214 Å². The van der Waals surface area contributed by atoms with E-state index in [9.17, 15) is 9.59 Å². The molecule has 6 rings (SSSR count). The zero-order chi connectivity index (χ0) is 25.7. The fourth-order valence-corrected chi connectivity index (χ4v) is 6.09. The summed E-state index contributed by atoms with van der Waals surface area (Å²) in [5.74, 6) is 0.202. The number of fused-ring (bicyclic) bond motifs is 3. The SMILES string of the molecule is CNC(=O)N1[C@@H]2CC[C@@H]1CC(c1nc3c(-c4ccc(-c5ccccc5)nc4)cnn3c(N)c1C(C)=O)C2. The maximum Gasteiger partial charge on any atom is 0.317 e. The molecule has 2 atom stereocenters. The van der Waals surface area contributed by atoms with E-state index in [4.69, 9.17) is 10.7 Å². The van der Waals surface area contributed by atoms with E-state index in [1.807, 2.05) is 53.6 Å². The number of carbonyl (C=O) groups is 2. The summed E-state index contributed by atoms with van der Waals surface area (Å²) in [5, 5.41) is 7.25. The third kappa shape index (κ3) is 3.82. The number of nitrogen functional groups attached to an aromatic ring is 1. The third-order valence-electron chi connectivity index (χ3n) is 7.77. The average molecular weight is 496 g/mol. The number of urea groups is 1. The van der Waals surface area contributed by atoms with Gasteiger partial charge in [-0.1, -0.05) is 36.4 Å². The van der Waals surface area contributed by atoms with Crippen LogP contribution in [0.25, 0.3) is 28.0 Å². The Morgan fingerprint density at radius 3 is 2.35 bits per heavy atom. The van der Waals surface area contributed by atoms with Gasteiger partial charge in [0.25, 0.3) is 0 Å². The Morgan fingerprint density at radius 2 is 1.73 bits per heavy atom. The minimum Gasteiger partial charge on any atom is -0.383 e. The van der Waals surface area contributed by atoms with Gasteiger partial charge in [-0.25, -0.2) is 9.78 Å². The van der Waals surface area contributed by atoms with Crippen LogP contribution in [0.15, 0.2) is 54.9 Å². The minimum absolute atomic E-state index is 0.0333. The summed E-state index contributed by atoms with van der Waals surface area (Å²) >= 11 is 0. The van der Waals surface area contributed by atoms with Crippen molar-refractivity contribution < 1.29 is 9.59 Å². The lowest BCUT2D eigenvalue weighted by Crippen LogP contribution is -2.49. The number of rotatable bonds is 4. The number of anilines is 1. The second-order valence-electron chi connectivity index (χ2n) is 9.92. The number of carbonyl (C=O) groups excluding carboxylic acids is 2. The first kappa shape index (κ1) is 23.1. The van der Waals surface area contributed by atoms with Crippen molar-refractivity contribution in [3.63, 3.8) is 0 Å². The zero-order valence-corrected chi connectivity index (χ0v) is 20.9. The highest BCUT2D eigenvalue weighted by Gasteiger charge is 2.44. The summed E-state index contributed by atoms with van der Waals surface area (Å²) in [6.07, 6.45) is 6.96. The summed E-state index contributed by atoms with van der Waals surface area (Å²) in [6, 6.07) is 14.2. The minimum atomic E-state index is -0.131. The number of nitrogens with two attached hydrogens (primary N) is 1. The number of piperidine rings is 1. The van der Waals surface area contributed by atoms with Crippen molar-refractivity contribution in [2.45, 2.75) is 50.6 Å². The van der Waals surface area contributed by atoms with Crippen molar-refractivity contribution in [3.8, 4) is 22.4 Å². The molecule has 4 aromatic rings. The summed E-state index contributed by atoms with van der Waals surface area (Å²) in [5.41, 5.74) is 11.9. The molecule has 0 spiro atoms. The number of pyridine rings is 1.